The number of nitrogens with one attached hydrogen (secondary N) is 1. The van der Waals surface area contributed by atoms with Crippen LogP contribution >= 0.6 is 11.8 Å². The highest BCUT2D eigenvalue weighted by atomic mass is 32.2. The zero-order valence-electron chi connectivity index (χ0n) is 12.6. The van der Waals surface area contributed by atoms with Gasteiger partial charge in [0.15, 0.2) is 0 Å². The lowest BCUT2D eigenvalue weighted by atomic mass is 10.1. The number of benzene rings is 2. The molecule has 2 aromatic carbocycles. The second kappa shape index (κ2) is 7.89. The maximum atomic E-state index is 12.1. The second-order valence-electron chi connectivity index (χ2n) is 5.11. The number of hydrogen-bond donors (Lipinski definition) is 1. The van der Waals surface area contributed by atoms with Crippen molar-refractivity contribution in [1.82, 2.24) is 5.32 Å². The van der Waals surface area contributed by atoms with Crippen LogP contribution in [0.4, 0.5) is 0 Å². The van der Waals surface area contributed by atoms with Crippen LogP contribution in [0.5, 0.6) is 0 Å². The molecule has 0 aliphatic heterocycles. The quantitative estimate of drug-likeness (QED) is 0.818. The van der Waals surface area contributed by atoms with Gasteiger partial charge >= 0.3 is 0 Å². The van der Waals surface area contributed by atoms with Crippen molar-refractivity contribution >= 4 is 17.7 Å². The number of rotatable bonds is 6. The molecule has 2 aromatic rings. The zero-order valence-corrected chi connectivity index (χ0v) is 13.4. The van der Waals surface area contributed by atoms with Crippen LogP contribution in [-0.2, 0) is 5.75 Å². The van der Waals surface area contributed by atoms with Crippen LogP contribution in [0.25, 0.3) is 0 Å². The van der Waals surface area contributed by atoms with E-state index in [9.17, 15) is 4.79 Å². The lowest BCUT2D eigenvalue weighted by molar-refractivity contribution is 0.0955. The Kier molecular flexibility index (Phi) is 5.88. The molecule has 0 bridgehead atoms. The summed E-state index contributed by atoms with van der Waals surface area (Å²) in [6, 6.07) is 16.3. The number of thioether (sulfide) groups is 1. The van der Waals surface area contributed by atoms with Crippen LogP contribution in [0.2, 0.25) is 0 Å². The van der Waals surface area contributed by atoms with Crippen molar-refractivity contribution in [3.05, 3.63) is 70.8 Å². The summed E-state index contributed by atoms with van der Waals surface area (Å²) in [5.74, 6) is 1.93. The minimum Gasteiger partial charge on any atom is -0.351 e. The Labute approximate surface area is 131 Å². The van der Waals surface area contributed by atoms with E-state index in [0.29, 0.717) is 6.54 Å². The van der Waals surface area contributed by atoms with Crippen molar-refractivity contribution in [3.8, 4) is 0 Å². The molecule has 3 heteroatoms. The van der Waals surface area contributed by atoms with Crippen molar-refractivity contribution in [3.63, 3.8) is 0 Å². The third-order valence-electron chi connectivity index (χ3n) is 3.27. The first-order valence-corrected chi connectivity index (χ1v) is 8.29. The van der Waals surface area contributed by atoms with Gasteiger partial charge in [-0.25, -0.2) is 0 Å². The smallest absolute Gasteiger partial charge is 0.251 e. The fraction of sp³-hybridized carbons (Fsp3) is 0.278. The second-order valence-corrected chi connectivity index (χ2v) is 6.22. The Morgan fingerprint density at radius 2 is 1.86 bits per heavy atom. The SMILES string of the molecule is Cc1ccc(C(=O)NCCSCc2ccccc2)c(C)c1. The van der Waals surface area contributed by atoms with Crippen molar-refractivity contribution in [2.75, 3.05) is 12.3 Å². The summed E-state index contributed by atoms with van der Waals surface area (Å²) in [7, 11) is 0. The molecule has 0 atom stereocenters. The van der Waals surface area contributed by atoms with E-state index in [1.165, 1.54) is 11.1 Å². The molecule has 0 aliphatic rings. The third-order valence-corrected chi connectivity index (χ3v) is 4.30. The van der Waals surface area contributed by atoms with Crippen LogP contribution in [0.3, 0.4) is 0 Å². The monoisotopic (exact) mass is 299 g/mol. The molecular weight excluding hydrogens is 278 g/mol. The number of hydrogen-bond acceptors (Lipinski definition) is 2. The Hall–Kier alpha value is -1.74. The predicted molar refractivity (Wildman–Crippen MR) is 90.9 cm³/mol. The fourth-order valence-corrected chi connectivity index (χ4v) is 2.98. The molecule has 1 N–H and O–H groups in total. The molecule has 2 nitrogen and oxygen atoms in total. The average Bonchev–Trinajstić information content (AvgIpc) is 2.47. The van der Waals surface area contributed by atoms with Crippen molar-refractivity contribution in [2.45, 2.75) is 19.6 Å². The van der Waals surface area contributed by atoms with Gasteiger partial charge in [0, 0.05) is 23.6 Å². The van der Waals surface area contributed by atoms with Crippen LogP contribution in [-0.4, -0.2) is 18.2 Å². The molecule has 21 heavy (non-hydrogen) atoms. The number of amides is 1. The Morgan fingerprint density at radius 1 is 1.10 bits per heavy atom. The Morgan fingerprint density at radius 3 is 2.57 bits per heavy atom. The highest BCUT2D eigenvalue weighted by molar-refractivity contribution is 7.98. The lowest BCUT2D eigenvalue weighted by Crippen LogP contribution is -2.26. The summed E-state index contributed by atoms with van der Waals surface area (Å²) in [6.45, 7) is 4.71. The van der Waals surface area contributed by atoms with E-state index < -0.39 is 0 Å². The Bertz CT molecular complexity index is 595. The first-order chi connectivity index (χ1) is 10.2. The van der Waals surface area contributed by atoms with Gasteiger partial charge in [-0.2, -0.15) is 11.8 Å². The van der Waals surface area contributed by atoms with Gasteiger partial charge in [-0.05, 0) is 31.0 Å². The molecule has 2 rings (SSSR count). The van der Waals surface area contributed by atoms with E-state index in [2.05, 4.69) is 29.6 Å². The standard InChI is InChI=1S/C18H21NOS/c1-14-8-9-17(15(2)12-14)18(20)19-10-11-21-13-16-6-4-3-5-7-16/h3-9,12H,10-11,13H2,1-2H3,(H,19,20). The molecule has 0 unspecified atom stereocenters. The molecule has 0 aliphatic carbocycles. The fourth-order valence-electron chi connectivity index (χ4n) is 2.16. The van der Waals surface area contributed by atoms with Gasteiger partial charge in [-0.3, -0.25) is 4.79 Å². The molecular formula is C18H21NOS. The molecule has 0 fully saturated rings. The third kappa shape index (κ3) is 4.94. The Balaban J connectivity index is 1.72. The first kappa shape index (κ1) is 15.6. The molecule has 0 spiro atoms. The molecule has 1 amide bonds. The van der Waals surface area contributed by atoms with Gasteiger partial charge in [-0.15, -0.1) is 0 Å². The van der Waals surface area contributed by atoms with Crippen LogP contribution in [0.15, 0.2) is 48.5 Å². The zero-order chi connectivity index (χ0) is 15.1. The number of aryl methyl sites for hydroxylation is 2. The maximum Gasteiger partial charge on any atom is 0.251 e. The highest BCUT2D eigenvalue weighted by Gasteiger charge is 2.07. The van der Waals surface area contributed by atoms with Gasteiger partial charge in [0.25, 0.3) is 5.91 Å². The molecule has 0 saturated carbocycles. The molecule has 110 valence electrons. The van der Waals surface area contributed by atoms with Crippen LogP contribution in [0, 0.1) is 13.8 Å². The summed E-state index contributed by atoms with van der Waals surface area (Å²) in [5.41, 5.74) is 4.31. The van der Waals surface area contributed by atoms with Crippen molar-refractivity contribution < 1.29 is 4.79 Å². The van der Waals surface area contributed by atoms with Crippen molar-refractivity contribution in [1.29, 1.82) is 0 Å². The van der Waals surface area contributed by atoms with Crippen molar-refractivity contribution in [2.24, 2.45) is 0 Å². The number of carbonyl (C=O) groups is 1. The average molecular weight is 299 g/mol. The minimum atomic E-state index is 0.0211. The van der Waals surface area contributed by atoms with Gasteiger partial charge in [0.05, 0.1) is 0 Å². The van der Waals surface area contributed by atoms with E-state index in [1.54, 1.807) is 0 Å². The topological polar surface area (TPSA) is 29.1 Å². The van der Waals surface area contributed by atoms with Crippen LogP contribution in [0.1, 0.15) is 27.0 Å². The predicted octanol–water partition coefficient (Wildman–Crippen LogP) is 3.97. The normalized spacial score (nSPS) is 10.4. The van der Waals surface area contributed by atoms with Gasteiger partial charge in [-0.1, -0.05) is 48.0 Å². The van der Waals surface area contributed by atoms with Crippen LogP contribution < -0.4 is 5.32 Å². The molecule has 0 radical (unpaired) electrons. The van der Waals surface area contributed by atoms with Gasteiger partial charge < -0.3 is 5.32 Å². The lowest BCUT2D eigenvalue weighted by Gasteiger charge is -2.08. The highest BCUT2D eigenvalue weighted by Crippen LogP contribution is 2.12. The van der Waals surface area contributed by atoms with Gasteiger partial charge in [0.2, 0.25) is 0 Å². The number of carbonyl (C=O) groups excluding carboxylic acids is 1. The summed E-state index contributed by atoms with van der Waals surface area (Å²) in [6.07, 6.45) is 0. The molecule has 0 saturated heterocycles. The minimum absolute atomic E-state index is 0.0211. The van der Waals surface area contributed by atoms with Gasteiger partial charge in [0.1, 0.15) is 0 Å². The summed E-state index contributed by atoms with van der Waals surface area (Å²) in [4.78, 5) is 12.1. The molecule has 0 aromatic heterocycles. The summed E-state index contributed by atoms with van der Waals surface area (Å²) >= 11 is 1.84. The van der Waals surface area contributed by atoms with E-state index in [4.69, 9.17) is 0 Å². The maximum absolute atomic E-state index is 12.1. The summed E-state index contributed by atoms with van der Waals surface area (Å²) in [5, 5.41) is 2.99. The molecule has 0 heterocycles. The first-order valence-electron chi connectivity index (χ1n) is 7.14. The van der Waals surface area contributed by atoms with E-state index in [0.717, 1.165) is 22.6 Å². The van der Waals surface area contributed by atoms with E-state index in [-0.39, 0.29) is 5.91 Å². The van der Waals surface area contributed by atoms with E-state index >= 15 is 0 Å². The summed E-state index contributed by atoms with van der Waals surface area (Å²) < 4.78 is 0. The largest absolute Gasteiger partial charge is 0.351 e. The van der Waals surface area contributed by atoms with E-state index in [1.807, 2.05) is 49.9 Å².